The topological polar surface area (TPSA) is 67.9 Å². The van der Waals surface area contributed by atoms with E-state index in [1.54, 1.807) is 18.9 Å². The molecule has 31 heavy (non-hydrogen) atoms. The van der Waals surface area contributed by atoms with Gasteiger partial charge in [-0.3, -0.25) is 9.59 Å². The van der Waals surface area contributed by atoms with Crippen LogP contribution < -0.4 is 14.8 Å². The van der Waals surface area contributed by atoms with Crippen molar-refractivity contribution in [3.8, 4) is 11.5 Å². The van der Waals surface area contributed by atoms with Crippen LogP contribution in [0, 0.1) is 19.8 Å². The zero-order valence-corrected chi connectivity index (χ0v) is 19.4. The predicted molar refractivity (Wildman–Crippen MR) is 122 cm³/mol. The zero-order valence-electron chi connectivity index (χ0n) is 19.4. The van der Waals surface area contributed by atoms with E-state index in [9.17, 15) is 9.59 Å². The highest BCUT2D eigenvalue weighted by Crippen LogP contribution is 2.20. The normalized spacial score (nSPS) is 11.7. The Hall–Kier alpha value is -3.02. The molecule has 2 aromatic rings. The average Bonchev–Trinajstić information content (AvgIpc) is 2.74. The number of hydrogen-bond acceptors (Lipinski definition) is 4. The second-order valence-corrected chi connectivity index (χ2v) is 8.24. The van der Waals surface area contributed by atoms with Crippen molar-refractivity contribution >= 4 is 11.8 Å². The van der Waals surface area contributed by atoms with Crippen LogP contribution in [0.3, 0.4) is 0 Å². The van der Waals surface area contributed by atoms with Gasteiger partial charge in [-0.15, -0.1) is 0 Å². The van der Waals surface area contributed by atoms with Gasteiger partial charge in [-0.05, 0) is 56.0 Å². The maximum absolute atomic E-state index is 13.1. The molecule has 0 saturated heterocycles. The number of ether oxygens (including phenoxy) is 2. The summed E-state index contributed by atoms with van der Waals surface area (Å²) in [5.41, 5.74) is 3.01. The summed E-state index contributed by atoms with van der Waals surface area (Å²) in [4.78, 5) is 27.3. The molecule has 0 aromatic heterocycles. The van der Waals surface area contributed by atoms with E-state index < -0.39 is 6.04 Å². The fraction of sp³-hybridized carbons (Fsp3) is 0.440. The summed E-state index contributed by atoms with van der Waals surface area (Å²) in [7, 11) is 1.61. The molecule has 1 N–H and O–H groups in total. The van der Waals surface area contributed by atoms with E-state index in [-0.39, 0.29) is 18.4 Å². The minimum atomic E-state index is -0.629. The van der Waals surface area contributed by atoms with Crippen molar-refractivity contribution in [2.24, 2.45) is 5.92 Å². The third kappa shape index (κ3) is 7.31. The van der Waals surface area contributed by atoms with Crippen molar-refractivity contribution in [1.82, 2.24) is 10.2 Å². The van der Waals surface area contributed by atoms with Gasteiger partial charge < -0.3 is 19.7 Å². The van der Waals surface area contributed by atoms with Gasteiger partial charge in [-0.25, -0.2) is 0 Å². The molecule has 0 bridgehead atoms. The summed E-state index contributed by atoms with van der Waals surface area (Å²) in [5, 5.41) is 2.92. The van der Waals surface area contributed by atoms with E-state index in [4.69, 9.17) is 9.47 Å². The molecule has 2 aromatic carbocycles. The van der Waals surface area contributed by atoms with Crippen molar-refractivity contribution in [2.45, 2.75) is 47.2 Å². The molecule has 0 aliphatic rings. The van der Waals surface area contributed by atoms with Crippen LogP contribution >= 0.6 is 0 Å². The number of hydrogen-bond donors (Lipinski definition) is 1. The molecule has 0 heterocycles. The van der Waals surface area contributed by atoms with Crippen molar-refractivity contribution in [1.29, 1.82) is 0 Å². The Morgan fingerprint density at radius 3 is 2.29 bits per heavy atom. The number of nitrogens with one attached hydrogen (secondary N) is 1. The lowest BCUT2D eigenvalue weighted by Gasteiger charge is -2.29. The van der Waals surface area contributed by atoms with Gasteiger partial charge in [0.25, 0.3) is 5.91 Å². The zero-order chi connectivity index (χ0) is 23.0. The third-order valence-electron chi connectivity index (χ3n) is 5.05. The van der Waals surface area contributed by atoms with Crippen LogP contribution in [-0.2, 0) is 16.1 Å². The van der Waals surface area contributed by atoms with E-state index in [0.717, 1.165) is 22.4 Å². The smallest absolute Gasteiger partial charge is 0.261 e. The highest BCUT2D eigenvalue weighted by atomic mass is 16.5. The van der Waals surface area contributed by atoms with Crippen molar-refractivity contribution in [2.75, 3.05) is 20.3 Å². The lowest BCUT2D eigenvalue weighted by Crippen LogP contribution is -2.49. The Kier molecular flexibility index (Phi) is 8.91. The van der Waals surface area contributed by atoms with E-state index in [1.165, 1.54) is 0 Å². The lowest BCUT2D eigenvalue weighted by atomic mass is 10.1. The predicted octanol–water partition coefficient (Wildman–Crippen LogP) is 3.88. The van der Waals surface area contributed by atoms with E-state index in [2.05, 4.69) is 5.32 Å². The number of methoxy groups -OCH3 is 1. The highest BCUT2D eigenvalue weighted by Gasteiger charge is 2.26. The molecule has 2 amide bonds. The standard InChI is InChI=1S/C25H34N2O4/c1-17(2)14-26-25(29)20(5)27(15-21-8-10-22(30-6)11-9-21)24(28)16-31-23-12-7-18(3)13-19(23)4/h7-13,17,20H,14-16H2,1-6H3,(H,26,29)/t20-/m0/s1. The van der Waals surface area contributed by atoms with Gasteiger partial charge in [-0.1, -0.05) is 43.7 Å². The largest absolute Gasteiger partial charge is 0.497 e. The van der Waals surface area contributed by atoms with Gasteiger partial charge in [0, 0.05) is 13.1 Å². The minimum absolute atomic E-state index is 0.137. The summed E-state index contributed by atoms with van der Waals surface area (Å²) in [6.07, 6.45) is 0. The Labute approximate surface area is 185 Å². The van der Waals surface area contributed by atoms with Crippen LogP contribution in [0.5, 0.6) is 11.5 Å². The summed E-state index contributed by atoms with van der Waals surface area (Å²) in [6, 6.07) is 12.7. The van der Waals surface area contributed by atoms with Crippen molar-refractivity contribution in [3.05, 3.63) is 59.2 Å². The van der Waals surface area contributed by atoms with Crippen LogP contribution in [0.1, 0.15) is 37.5 Å². The van der Waals surface area contributed by atoms with Gasteiger partial charge in [0.15, 0.2) is 6.61 Å². The molecular formula is C25H34N2O4. The van der Waals surface area contributed by atoms with Crippen LogP contribution in [0.2, 0.25) is 0 Å². The maximum atomic E-state index is 13.1. The van der Waals surface area contributed by atoms with E-state index >= 15 is 0 Å². The summed E-state index contributed by atoms with van der Waals surface area (Å²) in [6.45, 7) is 10.5. The molecule has 168 valence electrons. The maximum Gasteiger partial charge on any atom is 0.261 e. The molecule has 6 heteroatoms. The SMILES string of the molecule is COc1ccc(CN(C(=O)COc2ccc(C)cc2C)[C@@H](C)C(=O)NCC(C)C)cc1. The highest BCUT2D eigenvalue weighted by molar-refractivity contribution is 5.88. The number of carbonyl (C=O) groups is 2. The quantitative estimate of drug-likeness (QED) is 0.626. The fourth-order valence-corrected chi connectivity index (χ4v) is 3.15. The number of rotatable bonds is 10. The number of aryl methyl sites for hydroxylation is 2. The monoisotopic (exact) mass is 426 g/mol. The molecule has 2 rings (SSSR count). The Morgan fingerprint density at radius 2 is 1.71 bits per heavy atom. The first kappa shape index (κ1) is 24.3. The van der Waals surface area contributed by atoms with Crippen LogP contribution in [0.4, 0.5) is 0 Å². The van der Waals surface area contributed by atoms with E-state index in [0.29, 0.717) is 24.8 Å². The molecule has 0 radical (unpaired) electrons. The first-order valence-corrected chi connectivity index (χ1v) is 10.6. The first-order chi connectivity index (χ1) is 14.7. The van der Waals surface area contributed by atoms with Crippen molar-refractivity contribution < 1.29 is 19.1 Å². The summed E-state index contributed by atoms with van der Waals surface area (Å²) in [5.74, 6) is 1.31. The molecule has 6 nitrogen and oxygen atoms in total. The Bertz CT molecular complexity index is 878. The van der Waals surface area contributed by atoms with Crippen LogP contribution in [0.15, 0.2) is 42.5 Å². The van der Waals surface area contributed by atoms with Gasteiger partial charge in [0.05, 0.1) is 7.11 Å². The van der Waals surface area contributed by atoms with Crippen LogP contribution in [-0.4, -0.2) is 43.0 Å². The van der Waals surface area contributed by atoms with Gasteiger partial charge in [0.1, 0.15) is 17.5 Å². The van der Waals surface area contributed by atoms with Crippen LogP contribution in [0.25, 0.3) is 0 Å². The number of amides is 2. The van der Waals surface area contributed by atoms with Gasteiger partial charge >= 0.3 is 0 Å². The minimum Gasteiger partial charge on any atom is -0.497 e. The molecule has 0 spiro atoms. The summed E-state index contributed by atoms with van der Waals surface area (Å²) < 4.78 is 11.0. The van der Waals surface area contributed by atoms with Crippen molar-refractivity contribution in [3.63, 3.8) is 0 Å². The molecule has 0 fully saturated rings. The average molecular weight is 427 g/mol. The lowest BCUT2D eigenvalue weighted by molar-refractivity contribution is -0.142. The number of benzene rings is 2. The molecular weight excluding hydrogens is 392 g/mol. The Balaban J connectivity index is 2.15. The number of nitrogens with zero attached hydrogens (tertiary/aromatic N) is 1. The van der Waals surface area contributed by atoms with Gasteiger partial charge in [-0.2, -0.15) is 0 Å². The number of carbonyl (C=O) groups excluding carboxylic acids is 2. The van der Waals surface area contributed by atoms with Gasteiger partial charge in [0.2, 0.25) is 5.91 Å². The van der Waals surface area contributed by atoms with E-state index in [1.807, 2.05) is 70.2 Å². The first-order valence-electron chi connectivity index (χ1n) is 10.6. The molecule has 0 saturated carbocycles. The Morgan fingerprint density at radius 1 is 1.03 bits per heavy atom. The summed E-state index contributed by atoms with van der Waals surface area (Å²) >= 11 is 0. The molecule has 0 unspecified atom stereocenters. The third-order valence-corrected chi connectivity index (χ3v) is 5.05. The molecule has 0 aliphatic heterocycles. The second kappa shape index (κ2) is 11.4. The molecule has 0 aliphatic carbocycles. The second-order valence-electron chi connectivity index (χ2n) is 8.24. The molecule has 1 atom stereocenters. The fourth-order valence-electron chi connectivity index (χ4n) is 3.15.